The fourth-order valence-electron chi connectivity index (χ4n) is 5.27. The van der Waals surface area contributed by atoms with Gasteiger partial charge in [0.15, 0.2) is 0 Å². The van der Waals surface area contributed by atoms with E-state index in [4.69, 9.17) is 9.94 Å². The maximum atomic E-state index is 11.4. The van der Waals surface area contributed by atoms with Gasteiger partial charge in [0.1, 0.15) is 5.75 Å². The number of aromatic nitrogens is 2. The van der Waals surface area contributed by atoms with E-state index in [0.29, 0.717) is 6.04 Å². The molecular weight excluding hydrogens is 452 g/mol. The topological polar surface area (TPSA) is 93.4 Å². The van der Waals surface area contributed by atoms with E-state index in [9.17, 15) is 4.79 Å². The Hall–Kier alpha value is -3.81. The second kappa shape index (κ2) is 10.4. The van der Waals surface area contributed by atoms with Crippen molar-refractivity contribution < 1.29 is 14.7 Å². The molecule has 0 saturated carbocycles. The summed E-state index contributed by atoms with van der Waals surface area (Å²) >= 11 is 0. The average Bonchev–Trinajstić information content (AvgIpc) is 3.62. The Morgan fingerprint density at radius 1 is 1.22 bits per heavy atom. The van der Waals surface area contributed by atoms with Gasteiger partial charge in [0.25, 0.3) is 5.91 Å². The van der Waals surface area contributed by atoms with Crippen molar-refractivity contribution in [2.45, 2.75) is 38.8 Å². The van der Waals surface area contributed by atoms with E-state index in [-0.39, 0.29) is 0 Å². The van der Waals surface area contributed by atoms with E-state index >= 15 is 0 Å². The standard InChI is InChI=1S/C29H32N4O3/c1-19-11-13-30-27(19)18-33(14-12-22-17-31-26-16-23(36-2)6-8-24(22)26)28-9-5-21-15-20(3-7-25(21)28)4-10-29(34)32-35/h3-4,6-8,10-11,13,15-17,28,30-31,35H,5,9,12,14,18H2,1-2H3,(H,32,34). The summed E-state index contributed by atoms with van der Waals surface area (Å²) in [6, 6.07) is 15.0. The molecule has 7 nitrogen and oxygen atoms in total. The largest absolute Gasteiger partial charge is 0.497 e. The molecule has 4 N–H and O–H groups in total. The van der Waals surface area contributed by atoms with Crippen molar-refractivity contribution >= 4 is 22.9 Å². The highest BCUT2D eigenvalue weighted by molar-refractivity contribution is 5.90. The number of aromatic amines is 2. The van der Waals surface area contributed by atoms with Crippen LogP contribution in [-0.2, 0) is 24.2 Å². The van der Waals surface area contributed by atoms with E-state index in [0.717, 1.165) is 49.2 Å². The lowest BCUT2D eigenvalue weighted by molar-refractivity contribution is -0.124. The molecule has 36 heavy (non-hydrogen) atoms. The minimum Gasteiger partial charge on any atom is -0.497 e. The smallest absolute Gasteiger partial charge is 0.267 e. The van der Waals surface area contributed by atoms with E-state index in [1.807, 2.05) is 24.4 Å². The first kappa shape index (κ1) is 23.9. The molecule has 0 bridgehead atoms. The molecule has 0 saturated heterocycles. The number of rotatable bonds is 9. The summed E-state index contributed by atoms with van der Waals surface area (Å²) in [5.41, 5.74) is 10.2. The van der Waals surface area contributed by atoms with Gasteiger partial charge in [-0.1, -0.05) is 18.2 Å². The molecule has 2 aromatic heterocycles. The van der Waals surface area contributed by atoms with Crippen LogP contribution in [0.4, 0.5) is 0 Å². The highest BCUT2D eigenvalue weighted by Gasteiger charge is 2.28. The number of amides is 1. The zero-order chi connectivity index (χ0) is 25.1. The van der Waals surface area contributed by atoms with Crippen LogP contribution < -0.4 is 10.2 Å². The predicted octanol–water partition coefficient (Wildman–Crippen LogP) is 5.06. The van der Waals surface area contributed by atoms with Gasteiger partial charge >= 0.3 is 0 Å². The second-order valence-electron chi connectivity index (χ2n) is 9.41. The molecule has 2 aromatic carbocycles. The molecule has 1 amide bonds. The quantitative estimate of drug-likeness (QED) is 0.152. The summed E-state index contributed by atoms with van der Waals surface area (Å²) in [6.07, 6.45) is 10.2. The van der Waals surface area contributed by atoms with Crippen molar-refractivity contribution in [3.05, 3.63) is 94.4 Å². The number of hydrogen-bond acceptors (Lipinski definition) is 4. The number of ether oxygens (including phenoxy) is 1. The van der Waals surface area contributed by atoms with Crippen LogP contribution in [0, 0.1) is 6.92 Å². The van der Waals surface area contributed by atoms with Gasteiger partial charge in [0.05, 0.1) is 7.11 Å². The molecule has 5 rings (SSSR count). The van der Waals surface area contributed by atoms with Gasteiger partial charge in [-0.15, -0.1) is 0 Å². The number of hydroxylamine groups is 1. The summed E-state index contributed by atoms with van der Waals surface area (Å²) in [5, 5.41) is 9.96. The van der Waals surface area contributed by atoms with Crippen LogP contribution in [0.5, 0.6) is 5.75 Å². The molecule has 1 aliphatic rings. The van der Waals surface area contributed by atoms with Crippen molar-refractivity contribution in [2.24, 2.45) is 0 Å². The fraction of sp³-hybridized carbons (Fsp3) is 0.276. The monoisotopic (exact) mass is 484 g/mol. The highest BCUT2D eigenvalue weighted by Crippen LogP contribution is 2.38. The number of nitrogens with zero attached hydrogens (tertiary/aromatic N) is 1. The maximum absolute atomic E-state index is 11.4. The third-order valence-electron chi connectivity index (χ3n) is 7.26. The van der Waals surface area contributed by atoms with Crippen LogP contribution in [0.2, 0.25) is 0 Å². The molecule has 0 radical (unpaired) electrons. The summed E-state index contributed by atoms with van der Waals surface area (Å²) < 4.78 is 5.37. The molecule has 7 heteroatoms. The number of carbonyl (C=O) groups is 1. The Kier molecular flexibility index (Phi) is 6.93. The number of H-pyrrole nitrogens is 2. The number of hydrogen-bond donors (Lipinski definition) is 4. The fourth-order valence-corrected chi connectivity index (χ4v) is 5.27. The predicted molar refractivity (Wildman–Crippen MR) is 141 cm³/mol. The number of aryl methyl sites for hydroxylation is 2. The van der Waals surface area contributed by atoms with Gasteiger partial charge in [-0.2, -0.15) is 0 Å². The van der Waals surface area contributed by atoms with E-state index in [1.54, 1.807) is 18.7 Å². The summed E-state index contributed by atoms with van der Waals surface area (Å²) in [5.74, 6) is 0.324. The van der Waals surface area contributed by atoms with Gasteiger partial charge in [-0.3, -0.25) is 14.9 Å². The van der Waals surface area contributed by atoms with Crippen LogP contribution >= 0.6 is 0 Å². The molecule has 2 heterocycles. The van der Waals surface area contributed by atoms with E-state index in [2.05, 4.69) is 52.3 Å². The Morgan fingerprint density at radius 2 is 2.11 bits per heavy atom. The lowest BCUT2D eigenvalue weighted by atomic mass is 10.0. The molecular formula is C29H32N4O3. The maximum Gasteiger partial charge on any atom is 0.267 e. The van der Waals surface area contributed by atoms with Gasteiger partial charge in [0, 0.05) is 60.3 Å². The third kappa shape index (κ3) is 4.94. The Labute approximate surface area is 210 Å². The number of carbonyl (C=O) groups excluding carboxylic acids is 1. The van der Waals surface area contributed by atoms with E-state index < -0.39 is 5.91 Å². The molecule has 1 atom stereocenters. The van der Waals surface area contributed by atoms with Crippen LogP contribution in [0.1, 0.15) is 46.0 Å². The first-order valence-electron chi connectivity index (χ1n) is 12.3. The highest BCUT2D eigenvalue weighted by atomic mass is 16.5. The molecule has 0 spiro atoms. The van der Waals surface area contributed by atoms with Gasteiger partial charge in [-0.05, 0) is 78.3 Å². The molecule has 1 aliphatic carbocycles. The number of nitrogens with one attached hydrogen (secondary N) is 3. The van der Waals surface area contributed by atoms with Crippen molar-refractivity contribution in [1.29, 1.82) is 0 Å². The van der Waals surface area contributed by atoms with Gasteiger partial charge in [-0.25, -0.2) is 5.48 Å². The molecule has 1 unspecified atom stereocenters. The minimum absolute atomic E-state index is 0.326. The van der Waals surface area contributed by atoms with Crippen LogP contribution in [0.3, 0.4) is 0 Å². The SMILES string of the molecule is COc1ccc2c(CCN(Cc3[nH]ccc3C)C3CCc4cc(C=CC(=O)NO)ccc43)c[nH]c2c1. The normalized spacial score (nSPS) is 15.2. The van der Waals surface area contributed by atoms with Crippen molar-refractivity contribution in [3.63, 3.8) is 0 Å². The third-order valence-corrected chi connectivity index (χ3v) is 7.26. The zero-order valence-corrected chi connectivity index (χ0v) is 20.7. The first-order chi connectivity index (χ1) is 17.6. The summed E-state index contributed by atoms with van der Waals surface area (Å²) in [7, 11) is 1.69. The van der Waals surface area contributed by atoms with Gasteiger partial charge < -0.3 is 14.7 Å². The number of methoxy groups -OCH3 is 1. The van der Waals surface area contributed by atoms with Crippen molar-refractivity contribution in [3.8, 4) is 5.75 Å². The minimum atomic E-state index is -0.531. The van der Waals surface area contributed by atoms with Gasteiger partial charge in [0.2, 0.25) is 0 Å². The second-order valence-corrected chi connectivity index (χ2v) is 9.41. The Morgan fingerprint density at radius 3 is 2.89 bits per heavy atom. The first-order valence-corrected chi connectivity index (χ1v) is 12.3. The number of benzene rings is 2. The molecule has 0 aliphatic heterocycles. The molecule has 0 fully saturated rings. The molecule has 4 aromatic rings. The van der Waals surface area contributed by atoms with E-state index in [1.165, 1.54) is 39.4 Å². The molecule has 186 valence electrons. The lowest BCUT2D eigenvalue weighted by Crippen LogP contribution is -2.29. The van der Waals surface area contributed by atoms with Crippen LogP contribution in [-0.4, -0.2) is 39.6 Å². The lowest BCUT2D eigenvalue weighted by Gasteiger charge is -2.30. The summed E-state index contributed by atoms with van der Waals surface area (Å²) in [4.78, 5) is 20.8. The average molecular weight is 485 g/mol. The summed E-state index contributed by atoms with van der Waals surface area (Å²) in [6.45, 7) is 3.94. The van der Waals surface area contributed by atoms with Crippen molar-refractivity contribution in [2.75, 3.05) is 13.7 Å². The van der Waals surface area contributed by atoms with Crippen molar-refractivity contribution in [1.82, 2.24) is 20.3 Å². The van der Waals surface area contributed by atoms with Crippen LogP contribution in [0.25, 0.3) is 17.0 Å². The zero-order valence-electron chi connectivity index (χ0n) is 20.7. The number of fused-ring (bicyclic) bond motifs is 2. The Bertz CT molecular complexity index is 1400. The van der Waals surface area contributed by atoms with Crippen LogP contribution in [0.15, 0.2) is 60.9 Å². The Balaban J connectivity index is 1.39.